The highest BCUT2D eigenvalue weighted by Crippen LogP contribution is 2.34. The van der Waals surface area contributed by atoms with Crippen molar-refractivity contribution >= 4 is 13.4 Å². The van der Waals surface area contributed by atoms with E-state index in [2.05, 4.69) is 0 Å². The van der Waals surface area contributed by atoms with Gasteiger partial charge in [0.05, 0.1) is 12.2 Å². The van der Waals surface area contributed by atoms with Gasteiger partial charge in [-0.25, -0.2) is 0 Å². The summed E-state index contributed by atoms with van der Waals surface area (Å²) in [6, 6.07) is -1.10. The van der Waals surface area contributed by atoms with Gasteiger partial charge in [0.1, 0.15) is 0 Å². The summed E-state index contributed by atoms with van der Waals surface area (Å²) in [6.45, 7) is 0.147. The molecule has 6 nitrogen and oxygen atoms in total. The van der Waals surface area contributed by atoms with E-state index >= 15 is 0 Å². The molecule has 0 aromatic heterocycles. The van der Waals surface area contributed by atoms with Crippen LogP contribution in [0.3, 0.4) is 0 Å². The van der Waals surface area contributed by atoms with Crippen LogP contribution in [-0.2, 0) is 9.36 Å². The minimum Gasteiger partial charge on any atom is -0.330 e. The summed E-state index contributed by atoms with van der Waals surface area (Å²) in [7, 11) is -4.19. The fraction of sp³-hybridized carbons (Fsp3) is 0.800. The zero-order valence-electron chi connectivity index (χ0n) is 6.51. The molecule has 0 heterocycles. The third-order valence-corrected chi connectivity index (χ3v) is 2.11. The molecule has 7 heteroatoms. The smallest absolute Gasteiger partial charge is 0.327 e. The molecule has 12 heavy (non-hydrogen) atoms. The largest absolute Gasteiger partial charge is 0.330 e. The molecule has 0 aromatic rings. The lowest BCUT2D eigenvalue weighted by Crippen LogP contribution is -2.35. The van der Waals surface area contributed by atoms with E-state index in [-0.39, 0.29) is 13.0 Å². The first-order chi connectivity index (χ1) is 5.37. The van der Waals surface area contributed by atoms with Gasteiger partial charge in [-0.05, 0) is 6.54 Å². The molecule has 0 rings (SSSR count). The first-order valence-corrected chi connectivity index (χ1v) is 5.19. The third kappa shape index (κ3) is 5.40. The Hall–Kier alpha value is -0.260. The Labute approximate surface area is 70.1 Å². The third-order valence-electron chi connectivity index (χ3n) is 1.24. The van der Waals surface area contributed by atoms with Crippen LogP contribution in [0.15, 0.2) is 0 Å². The van der Waals surface area contributed by atoms with Gasteiger partial charge in [-0.1, -0.05) is 0 Å². The zero-order chi connectivity index (χ0) is 9.78. The Morgan fingerprint density at radius 2 is 2.00 bits per heavy atom. The van der Waals surface area contributed by atoms with Gasteiger partial charge in [0.2, 0.25) is 0 Å². The van der Waals surface area contributed by atoms with E-state index in [0.717, 1.165) is 0 Å². The summed E-state index contributed by atoms with van der Waals surface area (Å²) in [5.74, 6) is -0.416. The molecule has 72 valence electrons. The molecular weight excluding hydrogens is 183 g/mol. The van der Waals surface area contributed by atoms with Gasteiger partial charge >= 0.3 is 7.60 Å². The van der Waals surface area contributed by atoms with E-state index in [9.17, 15) is 9.36 Å². The van der Waals surface area contributed by atoms with Gasteiger partial charge in [-0.2, -0.15) is 0 Å². The Morgan fingerprint density at radius 1 is 1.50 bits per heavy atom. The van der Waals surface area contributed by atoms with Crippen LogP contribution in [-0.4, -0.2) is 34.3 Å². The minimum atomic E-state index is -4.19. The predicted molar refractivity (Wildman–Crippen MR) is 43.6 cm³/mol. The quantitative estimate of drug-likeness (QED) is 0.392. The summed E-state index contributed by atoms with van der Waals surface area (Å²) in [5.41, 5.74) is 10.3. The Kier molecular flexibility index (Phi) is 4.59. The van der Waals surface area contributed by atoms with Crippen LogP contribution < -0.4 is 11.5 Å². The maximum atomic E-state index is 10.9. The minimum absolute atomic E-state index is 0.0567. The lowest BCUT2D eigenvalue weighted by molar-refractivity contribution is -0.119. The summed E-state index contributed by atoms with van der Waals surface area (Å²) >= 11 is 0. The summed E-state index contributed by atoms with van der Waals surface area (Å²) in [4.78, 5) is 27.8. The Morgan fingerprint density at radius 3 is 2.33 bits per heavy atom. The molecule has 0 amide bonds. The van der Waals surface area contributed by atoms with Crippen molar-refractivity contribution in [3.05, 3.63) is 0 Å². The highest BCUT2D eigenvalue weighted by Gasteiger charge is 2.23. The highest BCUT2D eigenvalue weighted by molar-refractivity contribution is 7.51. The van der Waals surface area contributed by atoms with Crippen LogP contribution in [0.4, 0.5) is 0 Å². The number of ketones is 1. The lowest BCUT2D eigenvalue weighted by atomic mass is 10.2. The van der Waals surface area contributed by atoms with Crippen molar-refractivity contribution in [2.24, 2.45) is 11.5 Å². The Balaban J connectivity index is 3.96. The summed E-state index contributed by atoms with van der Waals surface area (Å²) < 4.78 is 10.4. The topological polar surface area (TPSA) is 127 Å². The fourth-order valence-electron chi connectivity index (χ4n) is 0.686. The van der Waals surface area contributed by atoms with Crippen molar-refractivity contribution in [3.63, 3.8) is 0 Å². The van der Waals surface area contributed by atoms with Crippen LogP contribution >= 0.6 is 7.60 Å². The molecule has 0 aromatic carbocycles. The second-order valence-electron chi connectivity index (χ2n) is 2.46. The van der Waals surface area contributed by atoms with Crippen molar-refractivity contribution < 1.29 is 19.1 Å². The van der Waals surface area contributed by atoms with Crippen molar-refractivity contribution in [1.82, 2.24) is 0 Å². The number of hydrogen-bond acceptors (Lipinski definition) is 4. The summed E-state index contributed by atoms with van der Waals surface area (Å²) in [5, 5.41) is 0. The van der Waals surface area contributed by atoms with Gasteiger partial charge in [-0.15, -0.1) is 0 Å². The lowest BCUT2D eigenvalue weighted by Gasteiger charge is -2.10. The normalized spacial score (nSPS) is 14.3. The van der Waals surface area contributed by atoms with Gasteiger partial charge in [0.25, 0.3) is 0 Å². The maximum absolute atomic E-state index is 10.9. The summed E-state index contributed by atoms with van der Waals surface area (Å²) in [6.07, 6.45) is -0.549. The first-order valence-electron chi connectivity index (χ1n) is 3.39. The molecule has 0 aliphatic rings. The standard InChI is InChI=1S/C5H13N2O4P/c6-2-1-5(8)4(7)3-12(9,10)11/h4H,1-3,6-7H2,(H2,9,10,11). The maximum Gasteiger partial charge on any atom is 0.327 e. The molecule has 0 fully saturated rings. The molecule has 1 atom stereocenters. The second-order valence-corrected chi connectivity index (χ2v) is 4.15. The number of Topliss-reactive ketones (excluding diaryl/α,β-unsaturated/α-hetero) is 1. The molecular formula is C5H13N2O4P. The SMILES string of the molecule is NCCC(=O)C(N)CP(=O)(O)O. The zero-order valence-corrected chi connectivity index (χ0v) is 7.41. The van der Waals surface area contributed by atoms with E-state index in [0.29, 0.717) is 0 Å². The van der Waals surface area contributed by atoms with Crippen molar-refractivity contribution in [2.75, 3.05) is 12.7 Å². The van der Waals surface area contributed by atoms with Gasteiger partial charge in [0.15, 0.2) is 5.78 Å². The monoisotopic (exact) mass is 196 g/mol. The van der Waals surface area contributed by atoms with E-state index < -0.39 is 25.6 Å². The van der Waals surface area contributed by atoms with E-state index in [1.165, 1.54) is 0 Å². The van der Waals surface area contributed by atoms with Gasteiger partial charge in [-0.3, -0.25) is 9.36 Å². The molecule has 0 aliphatic heterocycles. The van der Waals surface area contributed by atoms with Crippen LogP contribution in [0.5, 0.6) is 0 Å². The van der Waals surface area contributed by atoms with Crippen LogP contribution in [0.2, 0.25) is 0 Å². The van der Waals surface area contributed by atoms with Crippen molar-refractivity contribution in [1.29, 1.82) is 0 Å². The highest BCUT2D eigenvalue weighted by atomic mass is 31.2. The van der Waals surface area contributed by atoms with Crippen LogP contribution in [0.25, 0.3) is 0 Å². The molecule has 0 bridgehead atoms. The van der Waals surface area contributed by atoms with Crippen LogP contribution in [0.1, 0.15) is 6.42 Å². The molecule has 0 spiro atoms. The van der Waals surface area contributed by atoms with Crippen molar-refractivity contribution in [2.45, 2.75) is 12.5 Å². The van der Waals surface area contributed by atoms with E-state index in [1.54, 1.807) is 0 Å². The average Bonchev–Trinajstić information content (AvgIpc) is 1.84. The molecule has 6 N–H and O–H groups in total. The first kappa shape index (κ1) is 11.7. The van der Waals surface area contributed by atoms with Gasteiger partial charge < -0.3 is 21.3 Å². The number of carbonyl (C=O) groups is 1. The van der Waals surface area contributed by atoms with Crippen molar-refractivity contribution in [3.8, 4) is 0 Å². The van der Waals surface area contributed by atoms with E-state index in [1.807, 2.05) is 0 Å². The predicted octanol–water partition coefficient (Wildman–Crippen LogP) is -1.59. The number of carbonyl (C=O) groups excluding carboxylic acids is 1. The second kappa shape index (κ2) is 4.69. The number of nitrogens with two attached hydrogens (primary N) is 2. The molecule has 0 aliphatic carbocycles. The fourth-order valence-corrected chi connectivity index (χ4v) is 1.40. The van der Waals surface area contributed by atoms with E-state index in [4.69, 9.17) is 21.3 Å². The van der Waals surface area contributed by atoms with Gasteiger partial charge in [0, 0.05) is 6.42 Å². The molecule has 0 radical (unpaired) electrons. The Bertz CT molecular complexity index is 202. The molecule has 0 saturated carbocycles. The number of rotatable bonds is 5. The van der Waals surface area contributed by atoms with Crippen LogP contribution in [0, 0.1) is 0 Å². The average molecular weight is 196 g/mol. The molecule has 0 saturated heterocycles. The number of hydrogen-bond donors (Lipinski definition) is 4. The molecule has 1 unspecified atom stereocenters.